The standard InChI is InChI=1S/C73H128O6/c1-4-7-10-13-16-19-22-25-28-30-32-34-36-38-40-42-45-48-51-54-57-60-63-66-72(75)78-69-70(68-77-71(74)65-62-59-56-53-50-47-44-27-24-21-18-15-12-9-6-3)79-73(76)67-64-61-58-55-52-49-46-43-41-39-37-35-33-31-29-26-23-20-17-14-11-8-5-2/h7,10,16,19,25,28,31-34,38,40,45,48,70H,4-6,8-9,11-15,17-18,20-24,26-27,29-30,35-37,39,41-44,46-47,49-69H2,1-3H3/b10-7-,19-16-,28-25-,33-31-,34-32-,40-38-,48-45-. The highest BCUT2D eigenvalue weighted by Crippen LogP contribution is 2.17. The van der Waals surface area contributed by atoms with E-state index in [4.69, 9.17) is 14.2 Å². The molecule has 0 aliphatic carbocycles. The Labute approximate surface area is 490 Å². The first-order valence-electron chi connectivity index (χ1n) is 34.1. The Balaban J connectivity index is 4.38. The van der Waals surface area contributed by atoms with E-state index in [9.17, 15) is 14.4 Å². The minimum Gasteiger partial charge on any atom is -0.462 e. The van der Waals surface area contributed by atoms with Gasteiger partial charge in [0.25, 0.3) is 0 Å². The molecule has 0 aromatic carbocycles. The Morgan fingerprint density at radius 1 is 0.266 bits per heavy atom. The van der Waals surface area contributed by atoms with Gasteiger partial charge in [-0.3, -0.25) is 14.4 Å². The van der Waals surface area contributed by atoms with E-state index in [2.05, 4.69) is 106 Å². The quantitative estimate of drug-likeness (QED) is 0.0261. The molecular weight excluding hydrogens is 973 g/mol. The van der Waals surface area contributed by atoms with E-state index >= 15 is 0 Å². The van der Waals surface area contributed by atoms with Crippen molar-refractivity contribution in [1.82, 2.24) is 0 Å². The molecule has 0 fully saturated rings. The van der Waals surface area contributed by atoms with Crippen LogP contribution in [0, 0.1) is 0 Å². The SMILES string of the molecule is CC/C=C\C/C=C\C/C=C\C/C=C\C/C=C\C/C=C\CCCCCCC(=O)OCC(COC(=O)CCCCCCCCCCCCCCCCC)OC(=O)CCCCCCCCCCCCC/C=C\CCCCCCCCCC. The van der Waals surface area contributed by atoms with Crippen LogP contribution < -0.4 is 0 Å². The van der Waals surface area contributed by atoms with Gasteiger partial charge in [-0.05, 0) is 96.3 Å². The van der Waals surface area contributed by atoms with Crippen LogP contribution in [-0.2, 0) is 28.6 Å². The molecule has 0 saturated carbocycles. The fourth-order valence-corrected chi connectivity index (χ4v) is 9.80. The predicted molar refractivity (Wildman–Crippen MR) is 344 cm³/mol. The van der Waals surface area contributed by atoms with Crippen LogP contribution in [0.15, 0.2) is 85.1 Å². The normalized spacial score (nSPS) is 12.6. The molecule has 0 bridgehead atoms. The average Bonchev–Trinajstić information content (AvgIpc) is 3.45. The molecule has 0 rings (SSSR count). The second kappa shape index (κ2) is 67.1. The van der Waals surface area contributed by atoms with Crippen LogP contribution >= 0.6 is 0 Å². The molecule has 6 nitrogen and oxygen atoms in total. The number of esters is 3. The second-order valence-electron chi connectivity index (χ2n) is 22.7. The van der Waals surface area contributed by atoms with E-state index in [1.165, 1.54) is 193 Å². The number of carbonyl (C=O) groups excluding carboxylic acids is 3. The number of rotatable bonds is 62. The van der Waals surface area contributed by atoms with Gasteiger partial charge in [0.2, 0.25) is 0 Å². The van der Waals surface area contributed by atoms with E-state index in [1.54, 1.807) is 0 Å². The summed E-state index contributed by atoms with van der Waals surface area (Å²) in [4.78, 5) is 38.4. The zero-order valence-corrected chi connectivity index (χ0v) is 52.4. The first kappa shape index (κ1) is 75.6. The third kappa shape index (κ3) is 65.3. The summed E-state index contributed by atoms with van der Waals surface area (Å²) < 4.78 is 17.0. The third-order valence-electron chi connectivity index (χ3n) is 14.9. The van der Waals surface area contributed by atoms with Crippen molar-refractivity contribution in [2.24, 2.45) is 0 Å². The summed E-state index contributed by atoms with van der Waals surface area (Å²) in [5, 5.41) is 0. The van der Waals surface area contributed by atoms with Gasteiger partial charge in [-0.2, -0.15) is 0 Å². The van der Waals surface area contributed by atoms with Crippen molar-refractivity contribution in [3.63, 3.8) is 0 Å². The highest BCUT2D eigenvalue weighted by atomic mass is 16.6. The Bertz CT molecular complexity index is 1500. The molecule has 0 heterocycles. The number of hydrogen-bond acceptors (Lipinski definition) is 6. The number of carbonyl (C=O) groups is 3. The van der Waals surface area contributed by atoms with Crippen LogP contribution in [0.25, 0.3) is 0 Å². The molecule has 0 N–H and O–H groups in total. The van der Waals surface area contributed by atoms with Crippen molar-refractivity contribution >= 4 is 17.9 Å². The third-order valence-corrected chi connectivity index (χ3v) is 14.9. The molecule has 0 aliphatic heterocycles. The van der Waals surface area contributed by atoms with Crippen molar-refractivity contribution < 1.29 is 28.6 Å². The molecule has 1 unspecified atom stereocenters. The van der Waals surface area contributed by atoms with Crippen LogP contribution in [0.5, 0.6) is 0 Å². The van der Waals surface area contributed by atoms with Crippen molar-refractivity contribution in [2.45, 2.75) is 348 Å². The molecule has 0 amide bonds. The molecule has 79 heavy (non-hydrogen) atoms. The Morgan fingerprint density at radius 2 is 0.494 bits per heavy atom. The van der Waals surface area contributed by atoms with Crippen LogP contribution in [0.1, 0.15) is 342 Å². The molecule has 0 aliphatic rings. The Kier molecular flexibility index (Phi) is 64.2. The number of allylic oxidation sites excluding steroid dienone is 14. The lowest BCUT2D eigenvalue weighted by molar-refractivity contribution is -0.167. The second-order valence-corrected chi connectivity index (χ2v) is 22.7. The van der Waals surface area contributed by atoms with Crippen LogP contribution in [0.4, 0.5) is 0 Å². The number of hydrogen-bond donors (Lipinski definition) is 0. The van der Waals surface area contributed by atoms with Gasteiger partial charge < -0.3 is 14.2 Å². The molecule has 0 spiro atoms. The fourth-order valence-electron chi connectivity index (χ4n) is 9.80. The first-order valence-corrected chi connectivity index (χ1v) is 34.1. The molecule has 6 heteroatoms. The van der Waals surface area contributed by atoms with Crippen LogP contribution in [0.2, 0.25) is 0 Å². The molecule has 0 aromatic heterocycles. The molecule has 456 valence electrons. The van der Waals surface area contributed by atoms with E-state index in [0.717, 1.165) is 109 Å². The molecule has 0 aromatic rings. The van der Waals surface area contributed by atoms with Gasteiger partial charge in [0, 0.05) is 19.3 Å². The van der Waals surface area contributed by atoms with Crippen LogP contribution in [0.3, 0.4) is 0 Å². The Hall–Kier alpha value is -3.41. The molecular formula is C73H128O6. The summed E-state index contributed by atoms with van der Waals surface area (Å²) >= 11 is 0. The first-order chi connectivity index (χ1) is 39.0. The fraction of sp³-hybridized carbons (Fsp3) is 0.767. The maximum absolute atomic E-state index is 13.0. The van der Waals surface area contributed by atoms with Gasteiger partial charge in [0.1, 0.15) is 13.2 Å². The van der Waals surface area contributed by atoms with E-state index in [1.807, 2.05) is 0 Å². The highest BCUT2D eigenvalue weighted by Gasteiger charge is 2.19. The molecule has 0 saturated heterocycles. The topological polar surface area (TPSA) is 78.9 Å². The minimum absolute atomic E-state index is 0.0817. The maximum Gasteiger partial charge on any atom is 0.306 e. The minimum atomic E-state index is -0.788. The lowest BCUT2D eigenvalue weighted by atomic mass is 10.0. The molecule has 1 atom stereocenters. The van der Waals surface area contributed by atoms with Crippen molar-refractivity contribution in [3.05, 3.63) is 85.1 Å². The summed E-state index contributed by atoms with van der Waals surface area (Å²) in [6.07, 6.45) is 88.8. The van der Waals surface area contributed by atoms with Crippen LogP contribution in [-0.4, -0.2) is 37.2 Å². The van der Waals surface area contributed by atoms with E-state index < -0.39 is 6.10 Å². The lowest BCUT2D eigenvalue weighted by Crippen LogP contribution is -2.30. The molecule has 0 radical (unpaired) electrons. The van der Waals surface area contributed by atoms with Crippen molar-refractivity contribution in [1.29, 1.82) is 0 Å². The van der Waals surface area contributed by atoms with Gasteiger partial charge in [0.15, 0.2) is 6.10 Å². The van der Waals surface area contributed by atoms with Crippen molar-refractivity contribution in [3.8, 4) is 0 Å². The summed E-state index contributed by atoms with van der Waals surface area (Å²) in [5.74, 6) is -0.891. The monoisotopic (exact) mass is 1100 g/mol. The zero-order chi connectivity index (χ0) is 57.1. The van der Waals surface area contributed by atoms with Crippen molar-refractivity contribution in [2.75, 3.05) is 13.2 Å². The smallest absolute Gasteiger partial charge is 0.306 e. The van der Waals surface area contributed by atoms with Gasteiger partial charge in [-0.1, -0.05) is 311 Å². The lowest BCUT2D eigenvalue weighted by Gasteiger charge is -2.18. The van der Waals surface area contributed by atoms with Gasteiger partial charge in [-0.15, -0.1) is 0 Å². The largest absolute Gasteiger partial charge is 0.462 e. The number of unbranched alkanes of at least 4 members (excludes halogenated alkanes) is 37. The van der Waals surface area contributed by atoms with E-state index in [0.29, 0.717) is 19.3 Å². The predicted octanol–water partition coefficient (Wildman–Crippen LogP) is 23.4. The zero-order valence-electron chi connectivity index (χ0n) is 52.4. The van der Waals surface area contributed by atoms with E-state index in [-0.39, 0.29) is 31.1 Å². The highest BCUT2D eigenvalue weighted by molar-refractivity contribution is 5.71. The summed E-state index contributed by atoms with van der Waals surface area (Å²) in [5.41, 5.74) is 0. The van der Waals surface area contributed by atoms with Gasteiger partial charge in [-0.25, -0.2) is 0 Å². The summed E-state index contributed by atoms with van der Waals surface area (Å²) in [7, 11) is 0. The maximum atomic E-state index is 13.0. The van der Waals surface area contributed by atoms with Gasteiger partial charge in [0.05, 0.1) is 0 Å². The summed E-state index contributed by atoms with van der Waals surface area (Å²) in [6.45, 7) is 6.55. The average molecular weight is 1100 g/mol. The van der Waals surface area contributed by atoms with Gasteiger partial charge >= 0.3 is 17.9 Å². The number of ether oxygens (including phenoxy) is 3. The Morgan fingerprint density at radius 3 is 0.785 bits per heavy atom. The summed E-state index contributed by atoms with van der Waals surface area (Å²) in [6, 6.07) is 0.